The molecule has 100 valence electrons. The second kappa shape index (κ2) is 5.45. The average molecular weight is 262 g/mol. The number of carbonyl (C=O) groups excluding carboxylic acids is 1. The van der Waals surface area contributed by atoms with Gasteiger partial charge in [-0.3, -0.25) is 4.79 Å². The Morgan fingerprint density at radius 3 is 2.79 bits per heavy atom. The van der Waals surface area contributed by atoms with Crippen LogP contribution in [0.1, 0.15) is 16.3 Å². The van der Waals surface area contributed by atoms with E-state index in [1.54, 1.807) is 18.2 Å². The molecule has 2 rings (SSSR count). The van der Waals surface area contributed by atoms with Crippen molar-refractivity contribution < 1.29 is 19.1 Å². The Morgan fingerprint density at radius 2 is 2.21 bits per heavy atom. The molecule has 0 atom stereocenters. The zero-order valence-electron chi connectivity index (χ0n) is 10.3. The van der Waals surface area contributed by atoms with E-state index in [-0.39, 0.29) is 12.4 Å². The monoisotopic (exact) mass is 262 g/mol. The number of nitrogens with two attached hydrogens (primary N) is 1. The van der Waals surface area contributed by atoms with Gasteiger partial charge in [0.05, 0.1) is 12.8 Å². The summed E-state index contributed by atoms with van der Waals surface area (Å²) in [5, 5.41) is 11.5. The number of hydrogen-bond acceptors (Lipinski definition) is 5. The van der Waals surface area contributed by atoms with Crippen molar-refractivity contribution in [3.8, 4) is 5.75 Å². The van der Waals surface area contributed by atoms with Crippen molar-refractivity contribution in [2.24, 2.45) is 0 Å². The maximum Gasteiger partial charge on any atom is 0.291 e. The first-order valence-corrected chi connectivity index (χ1v) is 5.58. The number of methoxy groups -OCH3 is 1. The van der Waals surface area contributed by atoms with E-state index in [9.17, 15) is 4.79 Å². The summed E-state index contributed by atoms with van der Waals surface area (Å²) in [5.74, 6) is 0.584. The van der Waals surface area contributed by atoms with E-state index < -0.39 is 5.91 Å². The summed E-state index contributed by atoms with van der Waals surface area (Å²) in [5.41, 5.74) is 6.70. The van der Waals surface area contributed by atoms with Crippen molar-refractivity contribution >= 4 is 17.3 Å². The molecule has 0 radical (unpaired) electrons. The first-order valence-electron chi connectivity index (χ1n) is 5.58. The normalized spacial score (nSPS) is 10.2. The first-order chi connectivity index (χ1) is 9.13. The predicted octanol–water partition coefficient (Wildman–Crippen LogP) is 1.61. The van der Waals surface area contributed by atoms with Gasteiger partial charge in [-0.05, 0) is 30.3 Å². The van der Waals surface area contributed by atoms with Crippen molar-refractivity contribution in [3.63, 3.8) is 0 Å². The van der Waals surface area contributed by atoms with E-state index in [1.807, 2.05) is 0 Å². The molecule has 0 fully saturated rings. The minimum absolute atomic E-state index is 0.124. The summed E-state index contributed by atoms with van der Waals surface area (Å²) in [7, 11) is 1.52. The molecule has 0 saturated carbocycles. The third-order valence-electron chi connectivity index (χ3n) is 2.53. The van der Waals surface area contributed by atoms with Gasteiger partial charge in [0, 0.05) is 5.69 Å². The molecule has 2 aromatic rings. The number of ether oxygens (including phenoxy) is 1. The fourth-order valence-corrected chi connectivity index (χ4v) is 1.59. The summed E-state index contributed by atoms with van der Waals surface area (Å²) in [6, 6.07) is 7.95. The molecule has 4 N–H and O–H groups in total. The number of amides is 1. The standard InChI is InChI=1S/C13H14N2O4/c1-18-11-4-2-8(6-10(11)14)15-13(17)12-5-3-9(7-16)19-12/h2-6,16H,7,14H2,1H3,(H,15,17). The lowest BCUT2D eigenvalue weighted by Crippen LogP contribution is -2.11. The van der Waals surface area contributed by atoms with Crippen LogP contribution in [0, 0.1) is 0 Å². The van der Waals surface area contributed by atoms with Crippen LogP contribution >= 0.6 is 0 Å². The van der Waals surface area contributed by atoms with Gasteiger partial charge in [0.1, 0.15) is 18.1 Å². The Hall–Kier alpha value is -2.47. The van der Waals surface area contributed by atoms with E-state index in [1.165, 1.54) is 19.2 Å². The fraction of sp³-hybridized carbons (Fsp3) is 0.154. The Balaban J connectivity index is 2.12. The highest BCUT2D eigenvalue weighted by Crippen LogP contribution is 2.24. The number of hydrogen-bond donors (Lipinski definition) is 3. The topological polar surface area (TPSA) is 97.7 Å². The van der Waals surface area contributed by atoms with Gasteiger partial charge in [-0.1, -0.05) is 0 Å². The summed E-state index contributed by atoms with van der Waals surface area (Å²) in [6.45, 7) is -0.247. The molecular formula is C13H14N2O4. The van der Waals surface area contributed by atoms with E-state index >= 15 is 0 Å². The zero-order valence-corrected chi connectivity index (χ0v) is 10.3. The van der Waals surface area contributed by atoms with Crippen LogP contribution in [0.25, 0.3) is 0 Å². The minimum atomic E-state index is -0.413. The smallest absolute Gasteiger partial charge is 0.291 e. The zero-order chi connectivity index (χ0) is 13.8. The second-order valence-corrected chi connectivity index (χ2v) is 3.83. The van der Waals surface area contributed by atoms with E-state index in [4.69, 9.17) is 20.0 Å². The molecule has 1 aromatic carbocycles. The Bertz CT molecular complexity index is 592. The number of furan rings is 1. The molecule has 0 bridgehead atoms. The number of aliphatic hydroxyl groups excluding tert-OH is 1. The highest BCUT2D eigenvalue weighted by Gasteiger charge is 2.11. The van der Waals surface area contributed by atoms with E-state index in [0.717, 1.165) is 0 Å². The molecule has 0 aliphatic heterocycles. The number of rotatable bonds is 4. The van der Waals surface area contributed by atoms with Crippen LogP contribution in [0.3, 0.4) is 0 Å². The van der Waals surface area contributed by atoms with E-state index in [2.05, 4.69) is 5.32 Å². The lowest BCUT2D eigenvalue weighted by molar-refractivity contribution is 0.0992. The van der Waals surface area contributed by atoms with Crippen LogP contribution in [-0.2, 0) is 6.61 Å². The van der Waals surface area contributed by atoms with Crippen molar-refractivity contribution in [2.75, 3.05) is 18.2 Å². The molecule has 6 heteroatoms. The Labute approximate surface area is 109 Å². The van der Waals surface area contributed by atoms with Gasteiger partial charge in [0.15, 0.2) is 5.76 Å². The van der Waals surface area contributed by atoms with Crippen molar-refractivity contribution in [1.82, 2.24) is 0 Å². The summed E-state index contributed by atoms with van der Waals surface area (Å²) in [4.78, 5) is 11.9. The Morgan fingerprint density at radius 1 is 1.42 bits per heavy atom. The number of nitrogens with one attached hydrogen (secondary N) is 1. The van der Waals surface area contributed by atoms with Gasteiger partial charge in [-0.25, -0.2) is 0 Å². The molecule has 0 saturated heterocycles. The third kappa shape index (κ3) is 2.86. The van der Waals surface area contributed by atoms with E-state index in [0.29, 0.717) is 22.9 Å². The first kappa shape index (κ1) is 13.0. The molecule has 1 aromatic heterocycles. The van der Waals surface area contributed by atoms with Crippen LogP contribution in [-0.4, -0.2) is 18.1 Å². The maximum absolute atomic E-state index is 11.9. The SMILES string of the molecule is COc1ccc(NC(=O)c2ccc(CO)o2)cc1N. The molecule has 6 nitrogen and oxygen atoms in total. The number of benzene rings is 1. The van der Waals surface area contributed by atoms with Gasteiger partial charge in [0.2, 0.25) is 0 Å². The molecular weight excluding hydrogens is 248 g/mol. The number of nitrogen functional groups attached to an aromatic ring is 1. The van der Waals surface area contributed by atoms with Crippen LogP contribution < -0.4 is 15.8 Å². The quantitative estimate of drug-likeness (QED) is 0.727. The van der Waals surface area contributed by atoms with Crippen LogP contribution in [0.15, 0.2) is 34.7 Å². The number of carbonyl (C=O) groups is 1. The number of anilines is 2. The van der Waals surface area contributed by atoms with Crippen molar-refractivity contribution in [3.05, 3.63) is 41.9 Å². The van der Waals surface area contributed by atoms with Gasteiger partial charge >= 0.3 is 0 Å². The van der Waals surface area contributed by atoms with Gasteiger partial charge < -0.3 is 25.3 Å². The Kier molecular flexibility index (Phi) is 3.72. The maximum atomic E-state index is 11.9. The van der Waals surface area contributed by atoms with Gasteiger partial charge in [0.25, 0.3) is 5.91 Å². The minimum Gasteiger partial charge on any atom is -0.495 e. The van der Waals surface area contributed by atoms with Crippen molar-refractivity contribution in [2.45, 2.75) is 6.61 Å². The lowest BCUT2D eigenvalue weighted by atomic mass is 10.2. The molecule has 0 spiro atoms. The van der Waals surface area contributed by atoms with Crippen molar-refractivity contribution in [1.29, 1.82) is 0 Å². The van der Waals surface area contributed by atoms with Crippen LogP contribution in [0.4, 0.5) is 11.4 Å². The largest absolute Gasteiger partial charge is 0.495 e. The number of aliphatic hydroxyl groups is 1. The average Bonchev–Trinajstić information content (AvgIpc) is 2.88. The molecule has 19 heavy (non-hydrogen) atoms. The fourth-order valence-electron chi connectivity index (χ4n) is 1.59. The van der Waals surface area contributed by atoms with Crippen LogP contribution in [0.2, 0.25) is 0 Å². The highest BCUT2D eigenvalue weighted by atomic mass is 16.5. The van der Waals surface area contributed by atoms with Gasteiger partial charge in [-0.2, -0.15) is 0 Å². The molecule has 0 aliphatic rings. The molecule has 0 unspecified atom stereocenters. The van der Waals surface area contributed by atoms with Crippen LogP contribution in [0.5, 0.6) is 5.75 Å². The summed E-state index contributed by atoms with van der Waals surface area (Å²) in [6.07, 6.45) is 0. The highest BCUT2D eigenvalue weighted by molar-refractivity contribution is 6.02. The predicted molar refractivity (Wildman–Crippen MR) is 70.0 cm³/mol. The molecule has 0 aliphatic carbocycles. The molecule has 1 amide bonds. The lowest BCUT2D eigenvalue weighted by Gasteiger charge is -2.07. The summed E-state index contributed by atoms with van der Waals surface area (Å²) >= 11 is 0. The third-order valence-corrected chi connectivity index (χ3v) is 2.53. The second-order valence-electron chi connectivity index (χ2n) is 3.83. The molecule has 1 heterocycles. The van der Waals surface area contributed by atoms with Gasteiger partial charge in [-0.15, -0.1) is 0 Å². The summed E-state index contributed by atoms with van der Waals surface area (Å²) < 4.78 is 10.1.